The molecule has 0 aromatic heterocycles. The summed E-state index contributed by atoms with van der Waals surface area (Å²) in [7, 11) is 1.32. The van der Waals surface area contributed by atoms with Gasteiger partial charge < -0.3 is 10.5 Å². The summed E-state index contributed by atoms with van der Waals surface area (Å²) in [5, 5.41) is 0. The van der Waals surface area contributed by atoms with Gasteiger partial charge >= 0.3 is 5.97 Å². The number of hydrogen-bond acceptors (Lipinski definition) is 3. The van der Waals surface area contributed by atoms with E-state index in [-0.39, 0.29) is 0 Å². The summed E-state index contributed by atoms with van der Waals surface area (Å²) in [6.45, 7) is 2.27. The van der Waals surface area contributed by atoms with Crippen molar-refractivity contribution in [2.24, 2.45) is 5.73 Å². The Bertz CT molecular complexity index is 404. The molecule has 0 aliphatic rings. The SMILES string of the molecule is CCCCCCCCCCCCCCCCCCC(=CC(N)=O)C(=O)OC. The van der Waals surface area contributed by atoms with Crippen LogP contribution in [0.15, 0.2) is 11.6 Å². The lowest BCUT2D eigenvalue weighted by molar-refractivity contribution is -0.136. The fourth-order valence-corrected chi connectivity index (χ4v) is 3.40. The number of carbonyl (C=O) groups excluding carboxylic acids is 2. The number of amides is 1. The van der Waals surface area contributed by atoms with Crippen LogP contribution in [0.5, 0.6) is 0 Å². The second-order valence-corrected chi connectivity index (χ2v) is 7.62. The second-order valence-electron chi connectivity index (χ2n) is 7.62. The molecule has 0 radical (unpaired) electrons. The molecule has 0 bridgehead atoms. The Hall–Kier alpha value is -1.32. The topological polar surface area (TPSA) is 69.4 Å². The summed E-state index contributed by atoms with van der Waals surface area (Å²) in [5.41, 5.74) is 5.51. The number of esters is 1. The minimum absolute atomic E-state index is 0.385. The van der Waals surface area contributed by atoms with Crippen LogP contribution in [0.2, 0.25) is 0 Å². The fourth-order valence-electron chi connectivity index (χ4n) is 3.40. The first-order chi connectivity index (χ1) is 13.1. The van der Waals surface area contributed by atoms with E-state index in [4.69, 9.17) is 5.73 Å². The van der Waals surface area contributed by atoms with Crippen LogP contribution in [-0.2, 0) is 14.3 Å². The van der Waals surface area contributed by atoms with Gasteiger partial charge in [-0.05, 0) is 12.8 Å². The van der Waals surface area contributed by atoms with E-state index >= 15 is 0 Å². The highest BCUT2D eigenvalue weighted by molar-refractivity contribution is 5.97. The maximum Gasteiger partial charge on any atom is 0.333 e. The van der Waals surface area contributed by atoms with Gasteiger partial charge in [-0.3, -0.25) is 4.79 Å². The number of nitrogens with two attached hydrogens (primary N) is 1. The van der Waals surface area contributed by atoms with Crippen LogP contribution in [0.25, 0.3) is 0 Å². The molecule has 27 heavy (non-hydrogen) atoms. The molecule has 0 unspecified atom stereocenters. The first-order valence-electron chi connectivity index (χ1n) is 11.2. The number of ether oxygens (including phenoxy) is 1. The molecule has 0 spiro atoms. The number of unbranched alkanes of at least 4 members (excludes halogenated alkanes) is 15. The third-order valence-electron chi connectivity index (χ3n) is 5.06. The lowest BCUT2D eigenvalue weighted by Gasteiger charge is -2.05. The maximum atomic E-state index is 11.5. The molecule has 0 saturated carbocycles. The summed E-state index contributed by atoms with van der Waals surface area (Å²) in [6.07, 6.45) is 22.8. The summed E-state index contributed by atoms with van der Waals surface area (Å²) in [4.78, 5) is 22.5. The standard InChI is InChI=1S/C23H43NO3/c1-3-4-5-6-7-8-9-10-11-12-13-14-15-16-17-18-19-21(20-22(24)25)23(26)27-2/h20H,3-19H2,1-2H3,(H2,24,25). The van der Waals surface area contributed by atoms with Crippen molar-refractivity contribution in [3.8, 4) is 0 Å². The molecule has 158 valence electrons. The molecule has 0 rings (SSSR count). The van der Waals surface area contributed by atoms with Crippen molar-refractivity contribution in [3.05, 3.63) is 11.6 Å². The molecular weight excluding hydrogens is 338 g/mol. The molecule has 1 amide bonds. The largest absolute Gasteiger partial charge is 0.466 e. The average Bonchev–Trinajstić information content (AvgIpc) is 2.65. The monoisotopic (exact) mass is 381 g/mol. The molecule has 4 nitrogen and oxygen atoms in total. The number of primary amides is 1. The molecule has 0 atom stereocenters. The zero-order valence-electron chi connectivity index (χ0n) is 17.9. The van der Waals surface area contributed by atoms with Crippen LogP contribution in [0, 0.1) is 0 Å². The van der Waals surface area contributed by atoms with Crippen LogP contribution < -0.4 is 5.73 Å². The molecule has 0 saturated heterocycles. The van der Waals surface area contributed by atoms with Gasteiger partial charge in [-0.15, -0.1) is 0 Å². The van der Waals surface area contributed by atoms with Gasteiger partial charge in [0.1, 0.15) is 0 Å². The molecule has 0 aliphatic carbocycles. The van der Waals surface area contributed by atoms with Crippen molar-refractivity contribution < 1.29 is 14.3 Å². The van der Waals surface area contributed by atoms with Crippen LogP contribution in [0.4, 0.5) is 0 Å². The number of rotatable bonds is 19. The molecular formula is C23H43NO3. The number of hydrogen-bond donors (Lipinski definition) is 1. The van der Waals surface area contributed by atoms with Gasteiger partial charge in [-0.25, -0.2) is 4.79 Å². The summed E-state index contributed by atoms with van der Waals surface area (Å²) in [6, 6.07) is 0. The second kappa shape index (κ2) is 19.4. The quantitative estimate of drug-likeness (QED) is 0.164. The highest BCUT2D eigenvalue weighted by Gasteiger charge is 2.10. The molecule has 0 aromatic carbocycles. The molecule has 0 aliphatic heterocycles. The zero-order valence-corrected chi connectivity index (χ0v) is 17.9. The van der Waals surface area contributed by atoms with Gasteiger partial charge in [0.2, 0.25) is 5.91 Å². The smallest absolute Gasteiger partial charge is 0.333 e. The lowest BCUT2D eigenvalue weighted by atomic mass is 10.0. The average molecular weight is 382 g/mol. The third kappa shape index (κ3) is 17.8. The van der Waals surface area contributed by atoms with Crippen molar-refractivity contribution in [3.63, 3.8) is 0 Å². The van der Waals surface area contributed by atoms with Gasteiger partial charge in [0.25, 0.3) is 0 Å². The Balaban J connectivity index is 3.40. The van der Waals surface area contributed by atoms with Crippen LogP contribution >= 0.6 is 0 Å². The summed E-state index contributed by atoms with van der Waals surface area (Å²) >= 11 is 0. The van der Waals surface area contributed by atoms with Gasteiger partial charge in [-0.1, -0.05) is 103 Å². The fraction of sp³-hybridized carbons (Fsp3) is 0.826. The van der Waals surface area contributed by atoms with Crippen molar-refractivity contribution in [2.45, 2.75) is 116 Å². The molecule has 0 heterocycles. The summed E-state index contributed by atoms with van der Waals surface area (Å²) in [5.74, 6) is -1.04. The van der Waals surface area contributed by atoms with Gasteiger partial charge in [0.05, 0.1) is 7.11 Å². The van der Waals surface area contributed by atoms with Crippen molar-refractivity contribution in [1.29, 1.82) is 0 Å². The van der Waals surface area contributed by atoms with E-state index in [0.29, 0.717) is 12.0 Å². The third-order valence-corrected chi connectivity index (χ3v) is 5.06. The minimum atomic E-state index is -0.591. The van der Waals surface area contributed by atoms with Crippen molar-refractivity contribution >= 4 is 11.9 Å². The van der Waals surface area contributed by atoms with Crippen molar-refractivity contribution in [1.82, 2.24) is 0 Å². The van der Waals surface area contributed by atoms with Crippen LogP contribution in [-0.4, -0.2) is 19.0 Å². The van der Waals surface area contributed by atoms with Gasteiger partial charge in [0.15, 0.2) is 0 Å². The van der Waals surface area contributed by atoms with Crippen molar-refractivity contribution in [2.75, 3.05) is 7.11 Å². The first kappa shape index (κ1) is 25.7. The van der Waals surface area contributed by atoms with Crippen LogP contribution in [0.1, 0.15) is 116 Å². The Labute approximate surface area is 167 Å². The predicted octanol–water partition coefficient (Wildman–Crippen LogP) is 6.22. The van der Waals surface area contributed by atoms with Crippen LogP contribution in [0.3, 0.4) is 0 Å². The number of methoxy groups -OCH3 is 1. The van der Waals surface area contributed by atoms with E-state index in [1.807, 2.05) is 0 Å². The molecule has 0 fully saturated rings. The minimum Gasteiger partial charge on any atom is -0.466 e. The first-order valence-corrected chi connectivity index (χ1v) is 11.2. The van der Waals surface area contributed by atoms with E-state index in [1.54, 1.807) is 0 Å². The Morgan fingerprint density at radius 2 is 1.07 bits per heavy atom. The highest BCUT2D eigenvalue weighted by Crippen LogP contribution is 2.15. The van der Waals surface area contributed by atoms with E-state index < -0.39 is 11.9 Å². The maximum absolute atomic E-state index is 11.5. The normalized spacial score (nSPS) is 11.6. The van der Waals surface area contributed by atoms with E-state index in [2.05, 4.69) is 11.7 Å². The van der Waals surface area contributed by atoms with Gasteiger partial charge in [0, 0.05) is 11.6 Å². The van der Waals surface area contributed by atoms with E-state index in [1.165, 1.54) is 103 Å². The number of carbonyl (C=O) groups is 2. The van der Waals surface area contributed by atoms with Gasteiger partial charge in [-0.2, -0.15) is 0 Å². The lowest BCUT2D eigenvalue weighted by Crippen LogP contribution is -2.12. The highest BCUT2D eigenvalue weighted by atomic mass is 16.5. The predicted molar refractivity (Wildman–Crippen MR) is 113 cm³/mol. The van der Waals surface area contributed by atoms with E-state index in [9.17, 15) is 9.59 Å². The molecule has 4 heteroatoms. The molecule has 2 N–H and O–H groups in total. The summed E-state index contributed by atoms with van der Waals surface area (Å²) < 4.78 is 4.68. The van der Waals surface area contributed by atoms with E-state index in [0.717, 1.165) is 12.8 Å². The molecule has 0 aromatic rings. The Morgan fingerprint density at radius 3 is 1.41 bits per heavy atom. The Morgan fingerprint density at radius 1 is 0.704 bits per heavy atom. The zero-order chi connectivity index (χ0) is 20.2. The Kier molecular flexibility index (Phi) is 18.5.